The van der Waals surface area contributed by atoms with E-state index in [-0.39, 0.29) is 18.7 Å². The van der Waals surface area contributed by atoms with Gasteiger partial charge in [-0.15, -0.1) is 0 Å². The minimum absolute atomic E-state index is 0.0219. The van der Waals surface area contributed by atoms with Gasteiger partial charge in [-0.2, -0.15) is 0 Å². The molecule has 6 heteroatoms. The van der Waals surface area contributed by atoms with Crippen LogP contribution < -0.4 is 15.5 Å². The SMILES string of the molecule is CC(C)C(CCO)NC(=O)NCCC1CCN(c2ccncc2)CC1. The lowest BCUT2D eigenvalue weighted by Crippen LogP contribution is -2.45. The largest absolute Gasteiger partial charge is 0.396 e. The highest BCUT2D eigenvalue weighted by Crippen LogP contribution is 2.24. The number of nitrogens with one attached hydrogen (secondary N) is 2. The Morgan fingerprint density at radius 1 is 1.32 bits per heavy atom. The number of aliphatic hydroxyl groups excluding tert-OH is 1. The second-order valence-electron chi connectivity index (χ2n) is 7.19. The second-order valence-corrected chi connectivity index (χ2v) is 7.19. The molecule has 2 amide bonds. The van der Waals surface area contributed by atoms with Crippen molar-refractivity contribution in [3.63, 3.8) is 0 Å². The van der Waals surface area contributed by atoms with Gasteiger partial charge in [-0.3, -0.25) is 4.98 Å². The van der Waals surface area contributed by atoms with Gasteiger partial charge in [-0.25, -0.2) is 4.79 Å². The van der Waals surface area contributed by atoms with E-state index in [0.29, 0.717) is 24.8 Å². The molecule has 0 spiro atoms. The van der Waals surface area contributed by atoms with E-state index in [1.165, 1.54) is 5.69 Å². The highest BCUT2D eigenvalue weighted by atomic mass is 16.3. The van der Waals surface area contributed by atoms with Gasteiger partial charge in [0, 0.05) is 50.4 Å². The van der Waals surface area contributed by atoms with Gasteiger partial charge >= 0.3 is 6.03 Å². The maximum absolute atomic E-state index is 12.0. The molecule has 0 aromatic carbocycles. The van der Waals surface area contributed by atoms with Gasteiger partial charge in [0.1, 0.15) is 0 Å². The van der Waals surface area contributed by atoms with Crippen LogP contribution in [0.3, 0.4) is 0 Å². The molecule has 6 nitrogen and oxygen atoms in total. The summed E-state index contributed by atoms with van der Waals surface area (Å²) in [7, 11) is 0. The molecule has 0 bridgehead atoms. The van der Waals surface area contributed by atoms with Crippen LogP contribution in [0.1, 0.15) is 39.5 Å². The van der Waals surface area contributed by atoms with Gasteiger partial charge in [-0.05, 0) is 49.7 Å². The molecule has 140 valence electrons. The number of urea groups is 1. The van der Waals surface area contributed by atoms with E-state index in [1.807, 2.05) is 12.4 Å². The number of carbonyl (C=O) groups excluding carboxylic acids is 1. The van der Waals surface area contributed by atoms with Gasteiger partial charge in [0.25, 0.3) is 0 Å². The Kier molecular flexibility index (Phi) is 7.98. The molecular formula is C19H32N4O2. The van der Waals surface area contributed by atoms with E-state index in [1.54, 1.807) is 0 Å². The summed E-state index contributed by atoms with van der Waals surface area (Å²) in [4.78, 5) is 18.5. The fourth-order valence-corrected chi connectivity index (χ4v) is 3.36. The molecule has 1 atom stereocenters. The van der Waals surface area contributed by atoms with Crippen molar-refractivity contribution in [2.75, 3.05) is 31.1 Å². The molecule has 25 heavy (non-hydrogen) atoms. The number of rotatable bonds is 8. The average Bonchev–Trinajstić information content (AvgIpc) is 2.62. The van der Waals surface area contributed by atoms with Gasteiger partial charge in [-0.1, -0.05) is 13.8 Å². The topological polar surface area (TPSA) is 77.5 Å². The van der Waals surface area contributed by atoms with Crippen LogP contribution in [0.5, 0.6) is 0 Å². The third-order valence-corrected chi connectivity index (χ3v) is 5.04. The molecule has 3 N–H and O–H groups in total. The van der Waals surface area contributed by atoms with Gasteiger partial charge in [0.2, 0.25) is 0 Å². The average molecular weight is 348 g/mol. The standard InChI is InChI=1S/C19H32N4O2/c1-15(2)18(8-14-24)22-19(25)21-11-3-16-6-12-23(13-7-16)17-4-9-20-10-5-17/h4-5,9-10,15-16,18,24H,3,6-8,11-14H2,1-2H3,(H2,21,22,25). The summed E-state index contributed by atoms with van der Waals surface area (Å²) in [5.74, 6) is 0.979. The van der Waals surface area contributed by atoms with Crippen LogP contribution in [0, 0.1) is 11.8 Å². The molecule has 2 rings (SSSR count). The lowest BCUT2D eigenvalue weighted by molar-refractivity contribution is 0.218. The minimum atomic E-state index is -0.124. The molecule has 1 fully saturated rings. The summed E-state index contributed by atoms with van der Waals surface area (Å²) in [5.41, 5.74) is 1.24. The number of carbonyl (C=O) groups is 1. The maximum Gasteiger partial charge on any atom is 0.315 e. The summed E-state index contributed by atoms with van der Waals surface area (Å²) in [6.07, 6.45) is 7.61. The normalized spacial score (nSPS) is 16.7. The minimum Gasteiger partial charge on any atom is -0.396 e. The number of aliphatic hydroxyl groups is 1. The first-order valence-corrected chi connectivity index (χ1v) is 9.40. The van der Waals surface area contributed by atoms with Crippen molar-refractivity contribution in [2.24, 2.45) is 11.8 Å². The van der Waals surface area contributed by atoms with Gasteiger partial charge < -0.3 is 20.6 Å². The zero-order valence-corrected chi connectivity index (χ0v) is 15.4. The van der Waals surface area contributed by atoms with Crippen LogP contribution in [-0.4, -0.2) is 48.4 Å². The monoisotopic (exact) mass is 348 g/mol. The molecule has 1 saturated heterocycles. The molecule has 0 aliphatic carbocycles. The summed E-state index contributed by atoms with van der Waals surface area (Å²) in [6, 6.07) is 4.02. The highest BCUT2D eigenvalue weighted by Gasteiger charge is 2.20. The lowest BCUT2D eigenvalue weighted by Gasteiger charge is -2.33. The Labute approximate surface area is 151 Å². The fraction of sp³-hybridized carbons (Fsp3) is 0.684. The first kappa shape index (κ1) is 19.5. The van der Waals surface area contributed by atoms with Crippen LogP contribution in [0.2, 0.25) is 0 Å². The van der Waals surface area contributed by atoms with Crippen molar-refractivity contribution in [2.45, 2.75) is 45.6 Å². The summed E-state index contributed by atoms with van der Waals surface area (Å²) in [5, 5.41) is 15.0. The first-order chi connectivity index (χ1) is 12.1. The predicted octanol–water partition coefficient (Wildman–Crippen LogP) is 2.39. The number of amides is 2. The maximum atomic E-state index is 12.0. The van der Waals surface area contributed by atoms with Crippen molar-refractivity contribution in [1.29, 1.82) is 0 Å². The van der Waals surface area contributed by atoms with E-state index in [9.17, 15) is 4.79 Å². The zero-order valence-electron chi connectivity index (χ0n) is 15.4. The number of hydrogen-bond acceptors (Lipinski definition) is 4. The van der Waals surface area contributed by atoms with Crippen LogP contribution in [0.4, 0.5) is 10.5 Å². The lowest BCUT2D eigenvalue weighted by atomic mass is 9.93. The third kappa shape index (κ3) is 6.53. The van der Waals surface area contributed by atoms with Crippen molar-refractivity contribution in [1.82, 2.24) is 15.6 Å². The highest BCUT2D eigenvalue weighted by molar-refractivity contribution is 5.74. The number of pyridine rings is 1. The van der Waals surface area contributed by atoms with Crippen LogP contribution in [0.25, 0.3) is 0 Å². The fourth-order valence-electron chi connectivity index (χ4n) is 3.36. The number of nitrogens with zero attached hydrogens (tertiary/aromatic N) is 2. The Morgan fingerprint density at radius 3 is 2.60 bits per heavy atom. The Hall–Kier alpha value is -1.82. The molecule has 0 saturated carbocycles. The van der Waals surface area contributed by atoms with Crippen LogP contribution >= 0.6 is 0 Å². The van der Waals surface area contributed by atoms with Gasteiger partial charge in [0.05, 0.1) is 0 Å². The van der Waals surface area contributed by atoms with E-state index in [2.05, 4.69) is 46.5 Å². The van der Waals surface area contributed by atoms with Crippen molar-refractivity contribution in [3.8, 4) is 0 Å². The van der Waals surface area contributed by atoms with E-state index in [0.717, 1.165) is 32.4 Å². The van der Waals surface area contributed by atoms with E-state index < -0.39 is 0 Å². The smallest absolute Gasteiger partial charge is 0.315 e. The molecule has 2 heterocycles. The molecule has 1 aromatic heterocycles. The zero-order chi connectivity index (χ0) is 18.1. The van der Waals surface area contributed by atoms with Gasteiger partial charge in [0.15, 0.2) is 0 Å². The van der Waals surface area contributed by atoms with Crippen LogP contribution in [0.15, 0.2) is 24.5 Å². The Morgan fingerprint density at radius 2 is 2.00 bits per heavy atom. The second kappa shape index (κ2) is 10.2. The van der Waals surface area contributed by atoms with E-state index in [4.69, 9.17) is 5.11 Å². The first-order valence-electron chi connectivity index (χ1n) is 9.40. The molecule has 0 radical (unpaired) electrons. The van der Waals surface area contributed by atoms with Crippen molar-refractivity contribution < 1.29 is 9.90 Å². The number of piperidine rings is 1. The molecule has 1 aromatic rings. The van der Waals surface area contributed by atoms with Crippen molar-refractivity contribution in [3.05, 3.63) is 24.5 Å². The molecular weight excluding hydrogens is 316 g/mol. The quantitative estimate of drug-likeness (QED) is 0.674. The van der Waals surface area contributed by atoms with Crippen LogP contribution in [-0.2, 0) is 0 Å². The summed E-state index contributed by atoms with van der Waals surface area (Å²) in [6.45, 7) is 7.03. The number of hydrogen-bond donors (Lipinski definition) is 3. The molecule has 1 aliphatic rings. The Balaban J connectivity index is 1.63. The Bertz CT molecular complexity index is 501. The third-order valence-electron chi connectivity index (χ3n) is 5.04. The predicted molar refractivity (Wildman–Crippen MR) is 101 cm³/mol. The number of aromatic nitrogens is 1. The molecule has 1 aliphatic heterocycles. The summed E-state index contributed by atoms with van der Waals surface area (Å²) < 4.78 is 0. The number of anilines is 1. The van der Waals surface area contributed by atoms with Crippen molar-refractivity contribution >= 4 is 11.7 Å². The van der Waals surface area contributed by atoms with E-state index >= 15 is 0 Å². The summed E-state index contributed by atoms with van der Waals surface area (Å²) >= 11 is 0. The molecule has 1 unspecified atom stereocenters.